The Hall–Kier alpha value is -3.10. The molecule has 0 saturated carbocycles. The molecule has 0 unspecified atom stereocenters. The number of hydrogen-bond donors (Lipinski definition) is 2. The number of methoxy groups -OCH3 is 2. The fraction of sp³-hybridized carbons (Fsp3) is 0.524. The maximum Gasteiger partial charge on any atom is 0.408 e. The largest absolute Gasteiger partial charge is 0.469 e. The summed E-state index contributed by atoms with van der Waals surface area (Å²) in [5.74, 6) is -2.73. The Kier molecular flexibility index (Phi) is 10.4. The minimum atomic E-state index is -1.07. The Labute approximate surface area is 176 Å². The third kappa shape index (κ3) is 8.10. The zero-order valence-corrected chi connectivity index (χ0v) is 18.0. The van der Waals surface area contributed by atoms with Crippen molar-refractivity contribution in [2.75, 3.05) is 14.2 Å². The lowest BCUT2D eigenvalue weighted by molar-refractivity contribution is -0.149. The number of carbonyl (C=O) groups excluding carboxylic acids is 4. The number of alkyl carbamates (subject to hydrolysis) is 1. The van der Waals surface area contributed by atoms with Crippen molar-refractivity contribution in [2.24, 2.45) is 11.8 Å². The van der Waals surface area contributed by atoms with Gasteiger partial charge in [0, 0.05) is 0 Å². The standard InChI is InChI=1S/C21H30N2O7/c1-13(2)17(23-21(27)30-12-15-9-7-6-8-10-15)18(24)22-16(20(26)29-5)11-14(3)19(25)28-4/h6-10,13-14,16-17H,11-12H2,1-5H3,(H,22,24)(H,23,27)/t14-,16+,17+/m0/s1. The summed E-state index contributed by atoms with van der Waals surface area (Å²) in [5.41, 5.74) is 0.806. The van der Waals surface area contributed by atoms with Gasteiger partial charge in [-0.05, 0) is 17.9 Å². The van der Waals surface area contributed by atoms with E-state index in [1.54, 1.807) is 20.8 Å². The van der Waals surface area contributed by atoms with Gasteiger partial charge >= 0.3 is 18.0 Å². The van der Waals surface area contributed by atoms with Gasteiger partial charge in [-0.15, -0.1) is 0 Å². The van der Waals surface area contributed by atoms with Crippen molar-refractivity contribution < 1.29 is 33.4 Å². The Morgan fingerprint density at radius 1 is 0.900 bits per heavy atom. The van der Waals surface area contributed by atoms with E-state index in [2.05, 4.69) is 15.4 Å². The van der Waals surface area contributed by atoms with Gasteiger partial charge in [0.1, 0.15) is 18.7 Å². The molecule has 3 atom stereocenters. The molecule has 0 spiro atoms. The van der Waals surface area contributed by atoms with Gasteiger partial charge in [-0.25, -0.2) is 9.59 Å². The number of amides is 2. The van der Waals surface area contributed by atoms with Crippen molar-refractivity contribution in [1.29, 1.82) is 0 Å². The van der Waals surface area contributed by atoms with Crippen LogP contribution in [0.25, 0.3) is 0 Å². The molecule has 2 amide bonds. The highest BCUT2D eigenvalue weighted by atomic mass is 16.5. The van der Waals surface area contributed by atoms with Crippen LogP contribution in [0.15, 0.2) is 30.3 Å². The fourth-order valence-corrected chi connectivity index (χ4v) is 2.70. The summed E-state index contributed by atoms with van der Waals surface area (Å²) in [6, 6.07) is 7.09. The molecule has 1 aromatic rings. The highest BCUT2D eigenvalue weighted by molar-refractivity contribution is 5.90. The van der Waals surface area contributed by atoms with Gasteiger partial charge in [0.15, 0.2) is 0 Å². The number of carbonyl (C=O) groups is 4. The van der Waals surface area contributed by atoms with Gasteiger partial charge in [0.05, 0.1) is 20.1 Å². The first-order chi connectivity index (χ1) is 14.2. The first-order valence-corrected chi connectivity index (χ1v) is 9.62. The molecule has 0 fully saturated rings. The van der Waals surface area contributed by atoms with Crippen molar-refractivity contribution in [3.05, 3.63) is 35.9 Å². The average Bonchev–Trinajstić information content (AvgIpc) is 2.74. The van der Waals surface area contributed by atoms with Crippen LogP contribution in [0.2, 0.25) is 0 Å². The lowest BCUT2D eigenvalue weighted by Gasteiger charge is -2.25. The van der Waals surface area contributed by atoms with Crippen molar-refractivity contribution in [3.63, 3.8) is 0 Å². The molecular formula is C21H30N2O7. The Morgan fingerprint density at radius 2 is 1.50 bits per heavy atom. The molecule has 166 valence electrons. The number of rotatable bonds is 10. The molecule has 0 aliphatic rings. The molecule has 9 nitrogen and oxygen atoms in total. The second kappa shape index (κ2) is 12.5. The molecular weight excluding hydrogens is 392 g/mol. The smallest absolute Gasteiger partial charge is 0.408 e. The molecule has 0 radical (unpaired) electrons. The monoisotopic (exact) mass is 422 g/mol. The highest BCUT2D eigenvalue weighted by Crippen LogP contribution is 2.11. The minimum Gasteiger partial charge on any atom is -0.469 e. The minimum absolute atomic E-state index is 0.00560. The van der Waals surface area contributed by atoms with Gasteiger partial charge in [0.25, 0.3) is 0 Å². The average molecular weight is 422 g/mol. The van der Waals surface area contributed by atoms with Gasteiger partial charge in [-0.2, -0.15) is 0 Å². The molecule has 30 heavy (non-hydrogen) atoms. The van der Waals surface area contributed by atoms with Crippen LogP contribution in [0.4, 0.5) is 4.79 Å². The van der Waals surface area contributed by atoms with Gasteiger partial charge in [0.2, 0.25) is 5.91 Å². The predicted molar refractivity (Wildman–Crippen MR) is 108 cm³/mol. The van der Waals surface area contributed by atoms with Crippen LogP contribution >= 0.6 is 0 Å². The molecule has 0 aliphatic carbocycles. The molecule has 0 heterocycles. The molecule has 0 saturated heterocycles. The van der Waals surface area contributed by atoms with Crippen LogP contribution < -0.4 is 10.6 Å². The van der Waals surface area contributed by atoms with Crippen molar-refractivity contribution in [3.8, 4) is 0 Å². The Bertz CT molecular complexity index is 721. The highest BCUT2D eigenvalue weighted by Gasteiger charge is 2.32. The summed E-state index contributed by atoms with van der Waals surface area (Å²) in [4.78, 5) is 48.6. The van der Waals surface area contributed by atoms with Crippen molar-refractivity contribution in [1.82, 2.24) is 10.6 Å². The lowest BCUT2D eigenvalue weighted by Crippen LogP contribution is -2.54. The molecule has 0 aliphatic heterocycles. The Morgan fingerprint density at radius 3 is 2.03 bits per heavy atom. The van der Waals surface area contributed by atoms with E-state index >= 15 is 0 Å². The summed E-state index contributed by atoms with van der Waals surface area (Å²) in [6.45, 7) is 5.12. The van der Waals surface area contributed by atoms with Gasteiger partial charge in [-0.3, -0.25) is 9.59 Å². The first kappa shape index (κ1) is 24.9. The van der Waals surface area contributed by atoms with Crippen LogP contribution in [0, 0.1) is 11.8 Å². The third-order valence-electron chi connectivity index (χ3n) is 4.43. The number of ether oxygens (including phenoxy) is 3. The van der Waals surface area contributed by atoms with Crippen molar-refractivity contribution in [2.45, 2.75) is 45.9 Å². The fourth-order valence-electron chi connectivity index (χ4n) is 2.70. The van der Waals surface area contributed by atoms with Crippen LogP contribution in [0.1, 0.15) is 32.8 Å². The zero-order chi connectivity index (χ0) is 22.7. The van der Waals surface area contributed by atoms with Crippen LogP contribution in [0.5, 0.6) is 0 Å². The van der Waals surface area contributed by atoms with Gasteiger partial charge < -0.3 is 24.8 Å². The molecule has 1 rings (SSSR count). The van der Waals surface area contributed by atoms with E-state index in [-0.39, 0.29) is 18.9 Å². The van der Waals surface area contributed by atoms with E-state index in [9.17, 15) is 19.2 Å². The lowest BCUT2D eigenvalue weighted by atomic mass is 9.99. The van der Waals surface area contributed by atoms with E-state index in [1.165, 1.54) is 14.2 Å². The normalized spacial score (nSPS) is 13.5. The maximum absolute atomic E-state index is 12.7. The second-order valence-electron chi connectivity index (χ2n) is 7.17. The summed E-state index contributed by atoms with van der Waals surface area (Å²) >= 11 is 0. The summed E-state index contributed by atoms with van der Waals surface area (Å²) in [7, 11) is 2.42. The molecule has 1 aromatic carbocycles. The molecule has 2 N–H and O–H groups in total. The number of esters is 2. The van der Waals surface area contributed by atoms with E-state index in [0.29, 0.717) is 0 Å². The first-order valence-electron chi connectivity index (χ1n) is 9.62. The molecule has 9 heteroatoms. The zero-order valence-electron chi connectivity index (χ0n) is 18.0. The molecule has 0 bridgehead atoms. The SMILES string of the molecule is COC(=O)[C@@H](C)C[C@@H](NC(=O)[C@H](NC(=O)OCc1ccccc1)C(C)C)C(=O)OC. The number of hydrogen-bond acceptors (Lipinski definition) is 7. The predicted octanol–water partition coefficient (Wildman–Crippen LogP) is 1.79. The van der Waals surface area contributed by atoms with Gasteiger partial charge in [-0.1, -0.05) is 51.1 Å². The van der Waals surface area contributed by atoms with E-state index in [0.717, 1.165) is 5.56 Å². The van der Waals surface area contributed by atoms with Crippen LogP contribution in [-0.2, 0) is 35.2 Å². The van der Waals surface area contributed by atoms with E-state index < -0.39 is 41.9 Å². The number of benzene rings is 1. The third-order valence-corrected chi connectivity index (χ3v) is 4.43. The second-order valence-corrected chi connectivity index (χ2v) is 7.17. The summed E-state index contributed by atoms with van der Waals surface area (Å²) in [6.07, 6.45) is -0.765. The molecule has 0 aromatic heterocycles. The van der Waals surface area contributed by atoms with E-state index in [1.807, 2.05) is 30.3 Å². The maximum atomic E-state index is 12.7. The van der Waals surface area contributed by atoms with Crippen LogP contribution in [0.3, 0.4) is 0 Å². The quantitative estimate of drug-likeness (QED) is 0.436. The van der Waals surface area contributed by atoms with Crippen LogP contribution in [-0.4, -0.2) is 50.2 Å². The van der Waals surface area contributed by atoms with E-state index in [4.69, 9.17) is 9.47 Å². The summed E-state index contributed by atoms with van der Waals surface area (Å²) in [5, 5.41) is 5.07. The van der Waals surface area contributed by atoms with Crippen molar-refractivity contribution >= 4 is 23.9 Å². The summed E-state index contributed by atoms with van der Waals surface area (Å²) < 4.78 is 14.5. The Balaban J connectivity index is 2.75. The topological polar surface area (TPSA) is 120 Å². The number of nitrogens with one attached hydrogen (secondary N) is 2.